The lowest BCUT2D eigenvalue weighted by atomic mass is 10.2. The van der Waals surface area contributed by atoms with E-state index in [0.717, 1.165) is 4.57 Å². The zero-order valence-corrected chi connectivity index (χ0v) is 15.6. The van der Waals surface area contributed by atoms with Crippen LogP contribution in [0.1, 0.15) is 5.56 Å². The van der Waals surface area contributed by atoms with Crippen molar-refractivity contribution in [1.29, 1.82) is 0 Å². The summed E-state index contributed by atoms with van der Waals surface area (Å²) in [5.74, 6) is -0.615. The van der Waals surface area contributed by atoms with Crippen LogP contribution in [-0.4, -0.2) is 18.7 Å². The van der Waals surface area contributed by atoms with Gasteiger partial charge in [0.2, 0.25) is 0 Å². The molecular formula is C20H16F2N4O3. The number of aromatic nitrogens is 4. The van der Waals surface area contributed by atoms with Crippen molar-refractivity contribution in [3.8, 4) is 11.8 Å². The minimum Gasteiger partial charge on any atom is -0.425 e. The topological polar surface area (TPSA) is 71.1 Å². The Morgan fingerprint density at radius 2 is 1.66 bits per heavy atom. The molecular weight excluding hydrogens is 382 g/mol. The zero-order chi connectivity index (χ0) is 20.7. The minimum absolute atomic E-state index is 0.0202. The monoisotopic (exact) mass is 398 g/mol. The molecule has 2 heterocycles. The Labute approximate surface area is 163 Å². The van der Waals surface area contributed by atoms with E-state index in [2.05, 4.69) is 4.98 Å². The summed E-state index contributed by atoms with van der Waals surface area (Å²) >= 11 is 0. The summed E-state index contributed by atoms with van der Waals surface area (Å²) in [4.78, 5) is 29.4. The van der Waals surface area contributed by atoms with Gasteiger partial charge in [0.1, 0.15) is 17.4 Å². The number of rotatable bonds is 4. The fourth-order valence-electron chi connectivity index (χ4n) is 3.06. The van der Waals surface area contributed by atoms with E-state index in [1.54, 1.807) is 18.2 Å². The molecule has 0 saturated heterocycles. The van der Waals surface area contributed by atoms with Gasteiger partial charge in [0.25, 0.3) is 5.56 Å². The Hall–Kier alpha value is -3.75. The molecule has 0 unspecified atom stereocenters. The van der Waals surface area contributed by atoms with Crippen LogP contribution in [-0.2, 0) is 20.6 Å². The van der Waals surface area contributed by atoms with E-state index < -0.39 is 22.9 Å². The van der Waals surface area contributed by atoms with E-state index in [9.17, 15) is 18.4 Å². The van der Waals surface area contributed by atoms with Crippen LogP contribution in [0.15, 0.2) is 58.1 Å². The lowest BCUT2D eigenvalue weighted by Gasteiger charge is -2.11. The van der Waals surface area contributed by atoms with Crippen molar-refractivity contribution >= 4 is 11.2 Å². The second-order valence-electron chi connectivity index (χ2n) is 6.51. The van der Waals surface area contributed by atoms with Crippen molar-refractivity contribution in [3.63, 3.8) is 0 Å². The van der Waals surface area contributed by atoms with Crippen molar-refractivity contribution in [2.24, 2.45) is 14.1 Å². The molecule has 0 aliphatic heterocycles. The first kappa shape index (κ1) is 18.6. The molecule has 0 spiro atoms. The molecule has 4 rings (SSSR count). The van der Waals surface area contributed by atoms with E-state index in [1.807, 2.05) is 0 Å². The zero-order valence-electron chi connectivity index (χ0n) is 15.6. The molecule has 0 atom stereocenters. The van der Waals surface area contributed by atoms with Gasteiger partial charge in [-0.1, -0.05) is 18.2 Å². The van der Waals surface area contributed by atoms with Crippen LogP contribution in [0.25, 0.3) is 11.2 Å². The average Bonchev–Trinajstić information content (AvgIpc) is 3.06. The molecule has 0 saturated carbocycles. The highest BCUT2D eigenvalue weighted by molar-refractivity contribution is 5.72. The first-order chi connectivity index (χ1) is 13.9. The molecule has 7 nitrogen and oxygen atoms in total. The number of aryl methyl sites for hydroxylation is 1. The number of benzene rings is 2. The lowest BCUT2D eigenvalue weighted by Crippen LogP contribution is -2.37. The van der Waals surface area contributed by atoms with Crippen LogP contribution < -0.4 is 16.0 Å². The smallest absolute Gasteiger partial charge is 0.332 e. The Balaban J connectivity index is 1.96. The molecule has 29 heavy (non-hydrogen) atoms. The van der Waals surface area contributed by atoms with Crippen molar-refractivity contribution in [2.75, 3.05) is 0 Å². The maximum atomic E-state index is 14.3. The van der Waals surface area contributed by atoms with Crippen molar-refractivity contribution in [2.45, 2.75) is 6.54 Å². The number of ether oxygens (including phenoxy) is 1. The van der Waals surface area contributed by atoms with E-state index in [4.69, 9.17) is 4.74 Å². The van der Waals surface area contributed by atoms with Gasteiger partial charge in [0.05, 0.1) is 6.54 Å². The van der Waals surface area contributed by atoms with Gasteiger partial charge in [0.15, 0.2) is 11.2 Å². The van der Waals surface area contributed by atoms with Gasteiger partial charge in [-0.2, -0.15) is 4.98 Å². The number of nitrogens with zero attached hydrogens (tertiary/aromatic N) is 4. The molecule has 2 aromatic heterocycles. The predicted molar refractivity (Wildman–Crippen MR) is 102 cm³/mol. The van der Waals surface area contributed by atoms with Gasteiger partial charge in [-0.3, -0.25) is 18.5 Å². The first-order valence-corrected chi connectivity index (χ1v) is 8.70. The van der Waals surface area contributed by atoms with E-state index in [-0.39, 0.29) is 29.5 Å². The van der Waals surface area contributed by atoms with Crippen LogP contribution in [0.5, 0.6) is 11.8 Å². The van der Waals surface area contributed by atoms with E-state index in [0.29, 0.717) is 5.56 Å². The summed E-state index contributed by atoms with van der Waals surface area (Å²) in [6.45, 7) is -0.0485. The van der Waals surface area contributed by atoms with Gasteiger partial charge in [-0.25, -0.2) is 13.6 Å². The SMILES string of the molecule is Cn1c(=O)c2c(nc(Oc3ccc(F)cc3)n2Cc2ccccc2F)n(C)c1=O. The average molecular weight is 398 g/mol. The highest BCUT2D eigenvalue weighted by Gasteiger charge is 2.21. The Morgan fingerprint density at radius 3 is 2.34 bits per heavy atom. The fourth-order valence-corrected chi connectivity index (χ4v) is 3.06. The van der Waals surface area contributed by atoms with Crippen LogP contribution in [0.2, 0.25) is 0 Å². The molecule has 0 N–H and O–H groups in total. The number of hydrogen-bond donors (Lipinski definition) is 0. The Kier molecular flexibility index (Phi) is 4.50. The summed E-state index contributed by atoms with van der Waals surface area (Å²) in [6.07, 6.45) is 0. The van der Waals surface area contributed by atoms with Gasteiger partial charge in [-0.05, 0) is 30.3 Å². The van der Waals surface area contributed by atoms with Crippen LogP contribution in [0.3, 0.4) is 0 Å². The Morgan fingerprint density at radius 1 is 0.966 bits per heavy atom. The molecule has 4 aromatic rings. The predicted octanol–water partition coefficient (Wildman–Crippen LogP) is 2.55. The number of imidazole rings is 1. The molecule has 0 amide bonds. The van der Waals surface area contributed by atoms with Crippen molar-refractivity contribution in [1.82, 2.24) is 18.7 Å². The molecule has 0 bridgehead atoms. The summed E-state index contributed by atoms with van der Waals surface area (Å²) in [5.41, 5.74) is -0.625. The number of fused-ring (bicyclic) bond motifs is 1. The fraction of sp³-hybridized carbons (Fsp3) is 0.150. The summed E-state index contributed by atoms with van der Waals surface area (Å²) in [5, 5.41) is 0. The lowest BCUT2D eigenvalue weighted by molar-refractivity contribution is 0.418. The normalized spacial score (nSPS) is 11.2. The number of hydrogen-bond acceptors (Lipinski definition) is 4. The highest BCUT2D eigenvalue weighted by atomic mass is 19.1. The molecule has 0 radical (unpaired) electrons. The largest absolute Gasteiger partial charge is 0.425 e. The molecule has 148 valence electrons. The summed E-state index contributed by atoms with van der Waals surface area (Å²) in [6, 6.07) is 11.3. The van der Waals surface area contributed by atoms with E-state index in [1.165, 1.54) is 53.6 Å². The van der Waals surface area contributed by atoms with Crippen molar-refractivity contribution in [3.05, 3.63) is 86.6 Å². The third-order valence-corrected chi connectivity index (χ3v) is 4.62. The first-order valence-electron chi connectivity index (χ1n) is 8.70. The third-order valence-electron chi connectivity index (χ3n) is 4.62. The van der Waals surface area contributed by atoms with Crippen LogP contribution >= 0.6 is 0 Å². The third kappa shape index (κ3) is 3.20. The minimum atomic E-state index is -0.583. The second kappa shape index (κ2) is 7.01. The Bertz CT molecular complexity index is 1340. The van der Waals surface area contributed by atoms with Gasteiger partial charge < -0.3 is 4.74 Å². The quantitative estimate of drug-likeness (QED) is 0.530. The number of halogens is 2. The maximum absolute atomic E-state index is 14.3. The maximum Gasteiger partial charge on any atom is 0.332 e. The van der Waals surface area contributed by atoms with Crippen LogP contribution in [0.4, 0.5) is 8.78 Å². The van der Waals surface area contributed by atoms with Gasteiger partial charge in [0, 0.05) is 19.7 Å². The molecule has 0 aliphatic rings. The highest BCUT2D eigenvalue weighted by Crippen LogP contribution is 2.25. The molecule has 0 aliphatic carbocycles. The van der Waals surface area contributed by atoms with Crippen LogP contribution in [0, 0.1) is 11.6 Å². The standard InChI is InChI=1S/C20H16F2N4O3/c1-24-17-16(18(27)25(2)20(24)28)26(11-12-5-3-4-6-15(12)22)19(23-17)29-14-9-7-13(21)8-10-14/h3-10H,11H2,1-2H3. The van der Waals surface area contributed by atoms with E-state index >= 15 is 0 Å². The van der Waals surface area contributed by atoms with Crippen molar-refractivity contribution < 1.29 is 13.5 Å². The summed E-state index contributed by atoms with van der Waals surface area (Å²) < 4.78 is 36.8. The van der Waals surface area contributed by atoms with Gasteiger partial charge >= 0.3 is 11.7 Å². The molecule has 0 fully saturated rings. The molecule has 9 heteroatoms. The molecule has 2 aromatic carbocycles. The van der Waals surface area contributed by atoms with Gasteiger partial charge in [-0.15, -0.1) is 0 Å². The second-order valence-corrected chi connectivity index (χ2v) is 6.51. The summed E-state index contributed by atoms with van der Waals surface area (Å²) in [7, 11) is 2.83.